The van der Waals surface area contributed by atoms with E-state index >= 15 is 0 Å². The zero-order valence-corrected chi connectivity index (χ0v) is 9.00. The first-order chi connectivity index (χ1) is 6.84. The standard InChI is InChI=1S/C11H16O2S/c12-10(6-9-3-4-13-8-9)7-11-2-1-5-14-11/h1-2,5,9-10,12H,3-4,6-8H2. The Morgan fingerprint density at radius 2 is 2.57 bits per heavy atom. The Balaban J connectivity index is 1.75. The van der Waals surface area contributed by atoms with Gasteiger partial charge in [0.15, 0.2) is 0 Å². The molecule has 0 amide bonds. The van der Waals surface area contributed by atoms with Gasteiger partial charge in [-0.25, -0.2) is 0 Å². The van der Waals surface area contributed by atoms with Crippen LogP contribution in [0, 0.1) is 5.92 Å². The van der Waals surface area contributed by atoms with E-state index < -0.39 is 0 Å². The SMILES string of the molecule is OC(Cc1cccs1)CC1CCOC1. The average molecular weight is 212 g/mol. The lowest BCUT2D eigenvalue weighted by Gasteiger charge is -2.13. The summed E-state index contributed by atoms with van der Waals surface area (Å²) in [6.45, 7) is 1.71. The van der Waals surface area contributed by atoms with Crippen LogP contribution in [0.3, 0.4) is 0 Å². The lowest BCUT2D eigenvalue weighted by molar-refractivity contribution is 0.129. The molecule has 1 fully saturated rings. The van der Waals surface area contributed by atoms with Crippen LogP contribution in [0.4, 0.5) is 0 Å². The summed E-state index contributed by atoms with van der Waals surface area (Å²) in [5.74, 6) is 0.574. The molecule has 14 heavy (non-hydrogen) atoms. The molecule has 0 bridgehead atoms. The topological polar surface area (TPSA) is 29.5 Å². The van der Waals surface area contributed by atoms with Crippen LogP contribution in [0.15, 0.2) is 17.5 Å². The molecule has 78 valence electrons. The van der Waals surface area contributed by atoms with Crippen molar-refractivity contribution in [2.24, 2.45) is 5.92 Å². The summed E-state index contributed by atoms with van der Waals surface area (Å²) in [4.78, 5) is 1.27. The number of hydrogen-bond donors (Lipinski definition) is 1. The number of hydrogen-bond acceptors (Lipinski definition) is 3. The van der Waals surface area contributed by atoms with Gasteiger partial charge in [-0.1, -0.05) is 6.07 Å². The molecule has 3 heteroatoms. The fraction of sp³-hybridized carbons (Fsp3) is 0.636. The highest BCUT2D eigenvalue weighted by Crippen LogP contribution is 2.21. The molecule has 1 saturated heterocycles. The van der Waals surface area contributed by atoms with Gasteiger partial charge in [-0.05, 0) is 30.2 Å². The maximum Gasteiger partial charge on any atom is 0.0591 e. The first-order valence-corrected chi connectivity index (χ1v) is 6.01. The molecule has 2 heterocycles. The first kappa shape index (κ1) is 10.1. The Morgan fingerprint density at radius 1 is 1.64 bits per heavy atom. The molecule has 0 aliphatic carbocycles. The Morgan fingerprint density at radius 3 is 3.21 bits per heavy atom. The van der Waals surface area contributed by atoms with Crippen molar-refractivity contribution in [1.82, 2.24) is 0 Å². The molecule has 1 aliphatic rings. The second-order valence-corrected chi connectivity index (χ2v) is 4.93. The fourth-order valence-electron chi connectivity index (χ4n) is 1.90. The van der Waals surface area contributed by atoms with Crippen molar-refractivity contribution in [2.45, 2.75) is 25.4 Å². The van der Waals surface area contributed by atoms with E-state index in [9.17, 15) is 5.11 Å². The highest BCUT2D eigenvalue weighted by Gasteiger charge is 2.19. The van der Waals surface area contributed by atoms with Gasteiger partial charge in [0.25, 0.3) is 0 Å². The largest absolute Gasteiger partial charge is 0.393 e. The quantitative estimate of drug-likeness (QED) is 0.828. The van der Waals surface area contributed by atoms with E-state index in [0.29, 0.717) is 5.92 Å². The summed E-state index contributed by atoms with van der Waals surface area (Å²) in [7, 11) is 0. The van der Waals surface area contributed by atoms with Crippen molar-refractivity contribution in [3.05, 3.63) is 22.4 Å². The van der Waals surface area contributed by atoms with Crippen LogP contribution in [0.25, 0.3) is 0 Å². The van der Waals surface area contributed by atoms with Gasteiger partial charge < -0.3 is 9.84 Å². The predicted octanol–water partition coefficient (Wildman–Crippen LogP) is 2.08. The summed E-state index contributed by atoms with van der Waals surface area (Å²) >= 11 is 1.72. The van der Waals surface area contributed by atoms with Gasteiger partial charge in [0.2, 0.25) is 0 Å². The molecular formula is C11H16O2S. The first-order valence-electron chi connectivity index (χ1n) is 5.13. The number of aliphatic hydroxyl groups is 1. The third-order valence-corrected chi connectivity index (χ3v) is 3.55. The van der Waals surface area contributed by atoms with Crippen LogP contribution in [0.1, 0.15) is 17.7 Å². The van der Waals surface area contributed by atoms with Gasteiger partial charge in [0, 0.05) is 24.5 Å². The maximum atomic E-state index is 9.83. The van der Waals surface area contributed by atoms with E-state index in [4.69, 9.17) is 4.74 Å². The van der Waals surface area contributed by atoms with Crippen molar-refractivity contribution in [3.8, 4) is 0 Å². The molecule has 1 N–H and O–H groups in total. The van der Waals surface area contributed by atoms with Gasteiger partial charge in [0.1, 0.15) is 0 Å². The Bertz CT molecular complexity index is 252. The highest BCUT2D eigenvalue weighted by molar-refractivity contribution is 7.09. The van der Waals surface area contributed by atoms with Gasteiger partial charge in [0.05, 0.1) is 6.10 Å². The normalized spacial score (nSPS) is 23.9. The zero-order chi connectivity index (χ0) is 9.80. The van der Waals surface area contributed by atoms with E-state index in [1.165, 1.54) is 4.88 Å². The van der Waals surface area contributed by atoms with Crippen molar-refractivity contribution in [1.29, 1.82) is 0 Å². The molecule has 2 atom stereocenters. The molecule has 1 aromatic heterocycles. The summed E-state index contributed by atoms with van der Waals surface area (Å²) < 4.78 is 5.28. The van der Waals surface area contributed by atoms with E-state index in [0.717, 1.165) is 32.5 Å². The van der Waals surface area contributed by atoms with Crippen LogP contribution in [-0.2, 0) is 11.2 Å². The van der Waals surface area contributed by atoms with E-state index in [1.807, 2.05) is 6.07 Å². The zero-order valence-electron chi connectivity index (χ0n) is 8.19. The predicted molar refractivity (Wildman–Crippen MR) is 57.6 cm³/mol. The number of thiophene rings is 1. The van der Waals surface area contributed by atoms with Gasteiger partial charge in [-0.3, -0.25) is 0 Å². The minimum atomic E-state index is -0.194. The van der Waals surface area contributed by atoms with Crippen LogP contribution in [0.5, 0.6) is 0 Å². The number of rotatable bonds is 4. The van der Waals surface area contributed by atoms with Crippen LogP contribution >= 0.6 is 11.3 Å². The number of aliphatic hydroxyl groups excluding tert-OH is 1. The summed E-state index contributed by atoms with van der Waals surface area (Å²) in [6.07, 6.45) is 2.61. The van der Waals surface area contributed by atoms with Crippen molar-refractivity contribution < 1.29 is 9.84 Å². The van der Waals surface area contributed by atoms with Crippen LogP contribution in [0.2, 0.25) is 0 Å². The fourth-order valence-corrected chi connectivity index (χ4v) is 2.68. The minimum Gasteiger partial charge on any atom is -0.393 e. The third-order valence-electron chi connectivity index (χ3n) is 2.65. The van der Waals surface area contributed by atoms with Gasteiger partial charge >= 0.3 is 0 Å². The lowest BCUT2D eigenvalue weighted by atomic mass is 9.99. The molecule has 0 radical (unpaired) electrons. The van der Waals surface area contributed by atoms with E-state index in [-0.39, 0.29) is 6.10 Å². The Hall–Kier alpha value is -0.380. The van der Waals surface area contributed by atoms with Crippen LogP contribution < -0.4 is 0 Å². The van der Waals surface area contributed by atoms with Crippen molar-refractivity contribution >= 4 is 11.3 Å². The Kier molecular flexibility index (Phi) is 3.56. The third kappa shape index (κ3) is 2.80. The second-order valence-electron chi connectivity index (χ2n) is 3.90. The second kappa shape index (κ2) is 4.91. The molecular weight excluding hydrogens is 196 g/mol. The van der Waals surface area contributed by atoms with Crippen molar-refractivity contribution in [2.75, 3.05) is 13.2 Å². The minimum absolute atomic E-state index is 0.194. The molecule has 2 nitrogen and oxygen atoms in total. The van der Waals surface area contributed by atoms with E-state index in [2.05, 4.69) is 11.4 Å². The monoisotopic (exact) mass is 212 g/mol. The smallest absolute Gasteiger partial charge is 0.0591 e. The van der Waals surface area contributed by atoms with Gasteiger partial charge in [-0.15, -0.1) is 11.3 Å². The number of ether oxygens (including phenoxy) is 1. The molecule has 1 aromatic rings. The molecule has 0 aromatic carbocycles. The molecule has 2 unspecified atom stereocenters. The van der Waals surface area contributed by atoms with Crippen molar-refractivity contribution in [3.63, 3.8) is 0 Å². The maximum absolute atomic E-state index is 9.83. The van der Waals surface area contributed by atoms with Crippen LogP contribution in [-0.4, -0.2) is 24.4 Å². The molecule has 0 spiro atoms. The average Bonchev–Trinajstić information content (AvgIpc) is 2.76. The summed E-state index contributed by atoms with van der Waals surface area (Å²) in [6, 6.07) is 4.12. The lowest BCUT2D eigenvalue weighted by Crippen LogP contribution is -2.15. The van der Waals surface area contributed by atoms with E-state index in [1.54, 1.807) is 11.3 Å². The summed E-state index contributed by atoms with van der Waals surface area (Å²) in [5, 5.41) is 11.9. The van der Waals surface area contributed by atoms with Gasteiger partial charge in [-0.2, -0.15) is 0 Å². The molecule has 2 rings (SSSR count). The highest BCUT2D eigenvalue weighted by atomic mass is 32.1. The summed E-state index contributed by atoms with van der Waals surface area (Å²) in [5.41, 5.74) is 0. The molecule has 1 aliphatic heterocycles. The Labute approximate surface area is 88.5 Å². The molecule has 0 saturated carbocycles.